The molecule has 1 N–H and O–H groups in total. The molecule has 100 valence electrons. The number of hydrogen-bond acceptors (Lipinski definition) is 3. The van der Waals surface area contributed by atoms with Gasteiger partial charge in [0.1, 0.15) is 0 Å². The smallest absolute Gasteiger partial charge is 0.0648 e. The molecule has 0 aliphatic carbocycles. The monoisotopic (exact) mass is 367 g/mol. The Morgan fingerprint density at radius 2 is 1.84 bits per heavy atom. The number of rotatable bonds is 4. The van der Waals surface area contributed by atoms with Gasteiger partial charge in [0.2, 0.25) is 0 Å². The van der Waals surface area contributed by atoms with Crippen molar-refractivity contribution in [2.75, 3.05) is 7.05 Å². The number of benzene rings is 1. The zero-order valence-corrected chi connectivity index (χ0v) is 13.6. The van der Waals surface area contributed by atoms with E-state index in [0.29, 0.717) is 0 Å². The molecule has 0 saturated heterocycles. The zero-order valence-electron chi connectivity index (χ0n) is 11.4. The summed E-state index contributed by atoms with van der Waals surface area (Å²) < 4.78 is 1.26. The van der Waals surface area contributed by atoms with Crippen LogP contribution in [0.1, 0.15) is 28.6 Å². The number of aryl methyl sites for hydroxylation is 2. The Kier molecular flexibility index (Phi) is 4.87. The van der Waals surface area contributed by atoms with E-state index >= 15 is 0 Å². The van der Waals surface area contributed by atoms with Gasteiger partial charge in [-0.15, -0.1) is 0 Å². The van der Waals surface area contributed by atoms with Crippen molar-refractivity contribution in [2.24, 2.45) is 0 Å². The Labute approximate surface area is 128 Å². The summed E-state index contributed by atoms with van der Waals surface area (Å²) in [5.74, 6) is 0. The van der Waals surface area contributed by atoms with Crippen molar-refractivity contribution in [1.82, 2.24) is 15.5 Å². The van der Waals surface area contributed by atoms with Crippen molar-refractivity contribution in [3.05, 3.63) is 56.4 Å². The van der Waals surface area contributed by atoms with Crippen LogP contribution in [0.25, 0.3) is 0 Å². The number of aromatic nitrogens is 2. The molecule has 19 heavy (non-hydrogen) atoms. The van der Waals surface area contributed by atoms with Crippen molar-refractivity contribution in [3.63, 3.8) is 0 Å². The second kappa shape index (κ2) is 6.43. The minimum absolute atomic E-state index is 0.272. The predicted octanol–water partition coefficient (Wildman–Crippen LogP) is 3.20. The molecule has 0 saturated carbocycles. The Balaban J connectivity index is 2.24. The Morgan fingerprint density at radius 1 is 1.16 bits per heavy atom. The summed E-state index contributed by atoms with van der Waals surface area (Å²) in [6.07, 6.45) is 0.958. The van der Waals surface area contributed by atoms with Crippen LogP contribution >= 0.6 is 22.6 Å². The van der Waals surface area contributed by atoms with Crippen LogP contribution < -0.4 is 5.32 Å². The first-order chi connectivity index (χ1) is 9.10. The van der Waals surface area contributed by atoms with Crippen LogP contribution in [0.15, 0.2) is 30.3 Å². The fourth-order valence-corrected chi connectivity index (χ4v) is 2.51. The van der Waals surface area contributed by atoms with E-state index in [4.69, 9.17) is 0 Å². The highest BCUT2D eigenvalue weighted by Crippen LogP contribution is 2.21. The largest absolute Gasteiger partial charge is 0.313 e. The van der Waals surface area contributed by atoms with Gasteiger partial charge in [0.25, 0.3) is 0 Å². The number of likely N-dealkylation sites (N-methyl/N-ethyl adjacent to an activating group) is 1. The molecule has 4 heteroatoms. The summed E-state index contributed by atoms with van der Waals surface area (Å²) in [5, 5.41) is 11.7. The molecule has 0 aliphatic heterocycles. The minimum atomic E-state index is 0.272. The molecule has 3 nitrogen and oxygen atoms in total. The third kappa shape index (κ3) is 3.73. The SMILES string of the molecule is CNC(Cc1ccc(I)cc1)c1cc(C)nnc1C. The summed E-state index contributed by atoms with van der Waals surface area (Å²) in [4.78, 5) is 0. The van der Waals surface area contributed by atoms with Crippen molar-refractivity contribution in [2.45, 2.75) is 26.3 Å². The topological polar surface area (TPSA) is 37.8 Å². The first-order valence-electron chi connectivity index (χ1n) is 6.32. The standard InChI is InChI=1S/C15H18IN3/c1-10-8-14(11(2)19-18-10)15(17-3)9-12-4-6-13(16)7-5-12/h4-8,15,17H,9H2,1-3H3. The fourth-order valence-electron chi connectivity index (χ4n) is 2.15. The molecular formula is C15H18IN3. The van der Waals surface area contributed by atoms with Crippen LogP contribution in [0.3, 0.4) is 0 Å². The lowest BCUT2D eigenvalue weighted by Crippen LogP contribution is -2.20. The maximum absolute atomic E-state index is 4.21. The predicted molar refractivity (Wildman–Crippen MR) is 86.2 cm³/mol. The summed E-state index contributed by atoms with van der Waals surface area (Å²) in [5.41, 5.74) is 4.51. The van der Waals surface area contributed by atoms with Crippen LogP contribution in [0, 0.1) is 17.4 Å². The number of hydrogen-bond donors (Lipinski definition) is 1. The first kappa shape index (κ1) is 14.4. The van der Waals surface area contributed by atoms with Crippen molar-refractivity contribution >= 4 is 22.6 Å². The quantitative estimate of drug-likeness (QED) is 0.844. The van der Waals surface area contributed by atoms with E-state index in [-0.39, 0.29) is 6.04 Å². The van der Waals surface area contributed by atoms with Crippen molar-refractivity contribution < 1.29 is 0 Å². The highest BCUT2D eigenvalue weighted by atomic mass is 127. The van der Waals surface area contributed by atoms with Gasteiger partial charge in [0, 0.05) is 9.61 Å². The second-order valence-corrected chi connectivity index (χ2v) is 5.94. The van der Waals surface area contributed by atoms with Gasteiger partial charge < -0.3 is 5.32 Å². The van der Waals surface area contributed by atoms with Crippen LogP contribution in [0.2, 0.25) is 0 Å². The molecule has 0 amide bonds. The maximum Gasteiger partial charge on any atom is 0.0648 e. The molecule has 0 bridgehead atoms. The Hall–Kier alpha value is -1.01. The number of halogens is 1. The summed E-state index contributed by atoms with van der Waals surface area (Å²) in [6.45, 7) is 3.99. The normalized spacial score (nSPS) is 12.4. The molecular weight excluding hydrogens is 349 g/mol. The molecule has 0 spiro atoms. The minimum Gasteiger partial charge on any atom is -0.313 e. The molecule has 1 heterocycles. The fraction of sp³-hybridized carbons (Fsp3) is 0.333. The van der Waals surface area contributed by atoms with Gasteiger partial charge >= 0.3 is 0 Å². The molecule has 0 radical (unpaired) electrons. The molecule has 1 unspecified atom stereocenters. The first-order valence-corrected chi connectivity index (χ1v) is 7.40. The van der Waals surface area contributed by atoms with Crippen molar-refractivity contribution in [1.29, 1.82) is 0 Å². The second-order valence-electron chi connectivity index (χ2n) is 4.70. The van der Waals surface area contributed by atoms with E-state index in [2.05, 4.69) is 68.4 Å². The average molecular weight is 367 g/mol. The van der Waals surface area contributed by atoms with Gasteiger partial charge in [-0.25, -0.2) is 0 Å². The molecule has 0 aliphatic rings. The lowest BCUT2D eigenvalue weighted by molar-refractivity contribution is 0.582. The van der Waals surface area contributed by atoms with E-state index in [1.807, 2.05) is 20.9 Å². The summed E-state index contributed by atoms with van der Waals surface area (Å²) in [6, 6.07) is 11.0. The number of nitrogens with zero attached hydrogens (tertiary/aromatic N) is 2. The average Bonchev–Trinajstić information content (AvgIpc) is 2.41. The Bertz CT molecular complexity index is 552. The maximum atomic E-state index is 4.21. The molecule has 0 fully saturated rings. The van der Waals surface area contributed by atoms with Gasteiger partial charge in [0.05, 0.1) is 11.4 Å². The van der Waals surface area contributed by atoms with Crippen LogP contribution in [-0.2, 0) is 6.42 Å². The third-order valence-electron chi connectivity index (χ3n) is 3.22. The Morgan fingerprint density at radius 3 is 2.47 bits per heavy atom. The van der Waals surface area contributed by atoms with Gasteiger partial charge in [-0.1, -0.05) is 12.1 Å². The van der Waals surface area contributed by atoms with E-state index in [1.54, 1.807) is 0 Å². The number of nitrogens with one attached hydrogen (secondary N) is 1. The van der Waals surface area contributed by atoms with Gasteiger partial charge in [-0.3, -0.25) is 0 Å². The third-order valence-corrected chi connectivity index (χ3v) is 3.94. The van der Waals surface area contributed by atoms with Crippen LogP contribution in [0.4, 0.5) is 0 Å². The lowest BCUT2D eigenvalue weighted by atomic mass is 9.98. The van der Waals surface area contributed by atoms with Crippen molar-refractivity contribution in [3.8, 4) is 0 Å². The highest BCUT2D eigenvalue weighted by Gasteiger charge is 2.14. The zero-order chi connectivity index (χ0) is 13.8. The van der Waals surface area contributed by atoms with E-state index in [0.717, 1.165) is 17.8 Å². The molecule has 2 aromatic rings. The van der Waals surface area contributed by atoms with E-state index in [9.17, 15) is 0 Å². The van der Waals surface area contributed by atoms with Gasteiger partial charge in [-0.2, -0.15) is 10.2 Å². The summed E-state index contributed by atoms with van der Waals surface area (Å²) >= 11 is 2.33. The van der Waals surface area contributed by atoms with Crippen LogP contribution in [0.5, 0.6) is 0 Å². The van der Waals surface area contributed by atoms with Gasteiger partial charge in [0.15, 0.2) is 0 Å². The van der Waals surface area contributed by atoms with E-state index in [1.165, 1.54) is 14.7 Å². The summed E-state index contributed by atoms with van der Waals surface area (Å²) in [7, 11) is 1.99. The highest BCUT2D eigenvalue weighted by molar-refractivity contribution is 14.1. The molecule has 1 aromatic carbocycles. The molecule has 1 aromatic heterocycles. The van der Waals surface area contributed by atoms with Crippen LogP contribution in [-0.4, -0.2) is 17.2 Å². The van der Waals surface area contributed by atoms with E-state index < -0.39 is 0 Å². The lowest BCUT2D eigenvalue weighted by Gasteiger charge is -2.18. The van der Waals surface area contributed by atoms with Gasteiger partial charge in [-0.05, 0) is 79.2 Å². The molecule has 1 atom stereocenters. The molecule has 2 rings (SSSR count).